The lowest BCUT2D eigenvalue weighted by Gasteiger charge is -1.85. The number of hydrogen-bond donors (Lipinski definition) is 0. The Morgan fingerprint density at radius 2 is 1.58 bits per heavy atom. The molecule has 0 atom stereocenters. The van der Waals surface area contributed by atoms with Gasteiger partial charge in [-0.1, -0.05) is 40.7 Å². The molecule has 74 valence electrons. The average Bonchev–Trinajstić information content (AvgIpc) is 2.12. The average molecular weight is 171 g/mol. The summed E-state index contributed by atoms with van der Waals surface area (Å²) in [6.07, 6.45) is 4.98. The van der Waals surface area contributed by atoms with Crippen molar-refractivity contribution in [3.63, 3.8) is 0 Å². The van der Waals surface area contributed by atoms with E-state index in [2.05, 4.69) is 18.0 Å². The Morgan fingerprint density at radius 1 is 1.17 bits per heavy atom. The van der Waals surface area contributed by atoms with Crippen molar-refractivity contribution in [3.8, 4) is 0 Å². The van der Waals surface area contributed by atoms with Gasteiger partial charge in [-0.2, -0.15) is 0 Å². The lowest BCUT2D eigenvalue weighted by Crippen LogP contribution is -1.67. The van der Waals surface area contributed by atoms with Gasteiger partial charge in [-0.3, -0.25) is 4.99 Å². The Bertz CT molecular complexity index is 102. The molecule has 0 aliphatic rings. The Labute approximate surface area is 78.6 Å². The molecule has 0 radical (unpaired) electrons. The second-order valence-electron chi connectivity index (χ2n) is 1.64. The summed E-state index contributed by atoms with van der Waals surface area (Å²) in [5, 5.41) is 0. The van der Waals surface area contributed by atoms with Crippen LogP contribution in [0.1, 0.15) is 54.9 Å². The fourth-order valence-electron chi connectivity index (χ4n) is 0.552. The molecule has 12 heavy (non-hydrogen) atoms. The Kier molecular flexibility index (Phi) is 32.7. The summed E-state index contributed by atoms with van der Waals surface area (Å²) in [7, 11) is 0. The first-order valence-electron chi connectivity index (χ1n) is 4.96. The minimum Gasteiger partial charge on any atom is -0.267 e. The van der Waals surface area contributed by atoms with Crippen molar-refractivity contribution in [1.29, 1.82) is 0 Å². The van der Waals surface area contributed by atoms with E-state index in [9.17, 15) is 0 Å². The molecule has 0 aromatic carbocycles. The van der Waals surface area contributed by atoms with Crippen LogP contribution in [-0.2, 0) is 0 Å². The molecule has 0 fully saturated rings. The van der Waals surface area contributed by atoms with Gasteiger partial charge in [0, 0.05) is 11.9 Å². The van der Waals surface area contributed by atoms with Gasteiger partial charge in [0.2, 0.25) is 0 Å². The van der Waals surface area contributed by atoms with Crippen LogP contribution in [0.3, 0.4) is 0 Å². The van der Waals surface area contributed by atoms with Crippen LogP contribution in [0.4, 0.5) is 0 Å². The van der Waals surface area contributed by atoms with E-state index in [1.165, 1.54) is 0 Å². The minimum absolute atomic E-state index is 1.07. The Morgan fingerprint density at radius 3 is 1.83 bits per heavy atom. The van der Waals surface area contributed by atoms with E-state index in [1.807, 2.05) is 47.8 Å². The lowest BCUT2D eigenvalue weighted by atomic mass is 10.4. The molecule has 1 nitrogen and oxygen atoms in total. The number of aliphatic imine (C=N–C) groups is 1. The van der Waals surface area contributed by atoms with Crippen molar-refractivity contribution >= 4 is 6.21 Å². The molecular formula is C11H25N. The molecule has 0 aromatic heterocycles. The van der Waals surface area contributed by atoms with Crippen molar-refractivity contribution in [2.75, 3.05) is 0 Å². The molecule has 0 unspecified atom stereocenters. The molecule has 0 amide bonds. The Hall–Kier alpha value is -0.590. The molecule has 0 N–H and O–H groups in total. The third-order valence-electron chi connectivity index (χ3n) is 0.832. The maximum absolute atomic E-state index is 4.05. The van der Waals surface area contributed by atoms with Gasteiger partial charge in [0.1, 0.15) is 0 Å². The van der Waals surface area contributed by atoms with Crippen molar-refractivity contribution < 1.29 is 0 Å². The normalized spacial score (nSPS) is 9.75. The van der Waals surface area contributed by atoms with Gasteiger partial charge in [-0.15, -0.1) is 0 Å². The minimum atomic E-state index is 1.07. The fraction of sp³-hybridized carbons (Fsp3) is 0.727. The van der Waals surface area contributed by atoms with Gasteiger partial charge in [-0.25, -0.2) is 0 Å². The third-order valence-corrected chi connectivity index (χ3v) is 0.832. The number of rotatable bonds is 2. The largest absolute Gasteiger partial charge is 0.267 e. The number of allylic oxidation sites excluding steroid dienone is 2. The summed E-state index contributed by atoms with van der Waals surface area (Å²) in [5.41, 5.74) is 1.11. The van der Waals surface area contributed by atoms with Gasteiger partial charge in [-0.05, 0) is 20.3 Å². The molecule has 0 aromatic rings. The summed E-state index contributed by atoms with van der Waals surface area (Å²) in [4.78, 5) is 4.05. The Balaban J connectivity index is -0.000000175. The summed E-state index contributed by atoms with van der Waals surface area (Å²) in [6.45, 7) is 14.0. The molecule has 0 saturated heterocycles. The predicted octanol–water partition coefficient (Wildman–Crippen LogP) is 4.44. The highest BCUT2D eigenvalue weighted by Gasteiger charge is 1.74. The van der Waals surface area contributed by atoms with Crippen LogP contribution in [0.15, 0.2) is 16.8 Å². The van der Waals surface area contributed by atoms with Crippen LogP contribution in [0.5, 0.6) is 0 Å². The maximum atomic E-state index is 4.05. The summed E-state index contributed by atoms with van der Waals surface area (Å²) >= 11 is 0. The fourth-order valence-corrected chi connectivity index (χ4v) is 0.552. The first kappa shape index (κ1) is 17.5. The summed E-state index contributed by atoms with van der Waals surface area (Å²) < 4.78 is 0. The zero-order chi connectivity index (χ0) is 10.4. The first-order valence-corrected chi connectivity index (χ1v) is 4.96. The third kappa shape index (κ3) is 22.7. The van der Waals surface area contributed by atoms with Crippen LogP contribution in [0.2, 0.25) is 0 Å². The number of hydrogen-bond acceptors (Lipinski definition) is 1. The highest BCUT2D eigenvalue weighted by atomic mass is 14.7. The van der Waals surface area contributed by atoms with Crippen LogP contribution in [0, 0.1) is 0 Å². The van der Waals surface area contributed by atoms with Gasteiger partial charge < -0.3 is 0 Å². The molecule has 0 aliphatic carbocycles. The molecule has 0 rings (SSSR count). The van der Waals surface area contributed by atoms with E-state index in [0.717, 1.165) is 12.1 Å². The molecule has 0 aliphatic heterocycles. The molecule has 0 spiro atoms. The van der Waals surface area contributed by atoms with E-state index in [4.69, 9.17) is 0 Å². The zero-order valence-corrected chi connectivity index (χ0v) is 9.81. The monoisotopic (exact) mass is 171 g/mol. The van der Waals surface area contributed by atoms with Gasteiger partial charge in [0.25, 0.3) is 0 Å². The lowest BCUT2D eigenvalue weighted by molar-refractivity contribution is 1.16. The molecule has 0 bridgehead atoms. The second-order valence-corrected chi connectivity index (χ2v) is 1.64. The van der Waals surface area contributed by atoms with E-state index in [1.54, 1.807) is 0 Å². The number of nitrogens with zero attached hydrogens (tertiary/aromatic N) is 1. The molecule has 0 saturated carbocycles. The first-order chi connectivity index (χ1) is 5.81. The molecular weight excluding hydrogens is 146 g/mol. The second kappa shape index (κ2) is 22.4. The summed E-state index contributed by atoms with van der Waals surface area (Å²) in [5.74, 6) is 0. The quantitative estimate of drug-likeness (QED) is 0.544. The van der Waals surface area contributed by atoms with Gasteiger partial charge in [0.05, 0.1) is 0 Å². The van der Waals surface area contributed by atoms with Crippen LogP contribution in [-0.4, -0.2) is 6.21 Å². The standard InChI is InChI=1S/C7H13N.2C2H6/c1-4-6-7(3)8-5-2;2*1-2/h5-6H,4H2,1-3H3;2*1-2H3/b7-6-,8-5?;;. The van der Waals surface area contributed by atoms with E-state index < -0.39 is 0 Å². The van der Waals surface area contributed by atoms with Crippen molar-refractivity contribution in [2.24, 2.45) is 4.99 Å². The highest BCUT2D eigenvalue weighted by molar-refractivity contribution is 5.55. The SMILES string of the molecule is CC.CC.CC=N/C(C)=C\CC. The topological polar surface area (TPSA) is 12.4 Å². The van der Waals surface area contributed by atoms with E-state index in [0.29, 0.717) is 0 Å². The van der Waals surface area contributed by atoms with Gasteiger partial charge in [0.15, 0.2) is 0 Å². The molecule has 0 heterocycles. The predicted molar refractivity (Wildman–Crippen MR) is 60.9 cm³/mol. The summed E-state index contributed by atoms with van der Waals surface area (Å²) in [6, 6.07) is 0. The van der Waals surface area contributed by atoms with E-state index >= 15 is 0 Å². The highest BCUT2D eigenvalue weighted by Crippen LogP contribution is 1.93. The van der Waals surface area contributed by atoms with Crippen LogP contribution < -0.4 is 0 Å². The molecule has 1 heteroatoms. The van der Waals surface area contributed by atoms with E-state index in [-0.39, 0.29) is 0 Å². The van der Waals surface area contributed by atoms with Crippen LogP contribution in [0.25, 0.3) is 0 Å². The smallest absolute Gasteiger partial charge is 0.0328 e. The van der Waals surface area contributed by atoms with Crippen molar-refractivity contribution in [1.82, 2.24) is 0 Å². The van der Waals surface area contributed by atoms with Crippen molar-refractivity contribution in [2.45, 2.75) is 54.9 Å². The van der Waals surface area contributed by atoms with Crippen LogP contribution >= 0.6 is 0 Å². The maximum Gasteiger partial charge on any atom is 0.0328 e. The van der Waals surface area contributed by atoms with Gasteiger partial charge >= 0.3 is 0 Å². The van der Waals surface area contributed by atoms with Crippen molar-refractivity contribution in [3.05, 3.63) is 11.8 Å². The zero-order valence-electron chi connectivity index (χ0n) is 9.81.